The summed E-state index contributed by atoms with van der Waals surface area (Å²) in [6, 6.07) is 7.99. The normalized spacial score (nSPS) is 18.6. The van der Waals surface area contributed by atoms with Crippen LogP contribution in [-0.4, -0.2) is 38.1 Å². The van der Waals surface area contributed by atoms with Crippen molar-refractivity contribution in [2.45, 2.75) is 25.7 Å². The fraction of sp³-hybridized carbons (Fsp3) is 0.529. The zero-order valence-corrected chi connectivity index (χ0v) is 12.7. The Morgan fingerprint density at radius 1 is 1.23 bits per heavy atom. The fourth-order valence-corrected chi connectivity index (χ4v) is 3.15. The summed E-state index contributed by atoms with van der Waals surface area (Å²) in [7, 11) is 0. The van der Waals surface area contributed by atoms with Crippen molar-refractivity contribution >= 4 is 17.5 Å². The van der Waals surface area contributed by atoms with Crippen LogP contribution in [0.1, 0.15) is 24.8 Å². The molecular formula is C17H22N2O3. The molecule has 0 radical (unpaired) electrons. The van der Waals surface area contributed by atoms with Crippen molar-refractivity contribution in [2.24, 2.45) is 5.92 Å². The molecule has 5 heteroatoms. The molecule has 3 rings (SSSR count). The van der Waals surface area contributed by atoms with E-state index in [-0.39, 0.29) is 24.3 Å². The van der Waals surface area contributed by atoms with Crippen molar-refractivity contribution in [3.63, 3.8) is 0 Å². The van der Waals surface area contributed by atoms with Crippen LogP contribution in [0.2, 0.25) is 0 Å². The number of aryl methyl sites for hydroxylation is 1. The zero-order valence-electron chi connectivity index (χ0n) is 12.7. The lowest BCUT2D eigenvalue weighted by Crippen LogP contribution is -2.44. The first kappa shape index (κ1) is 15.0. The number of fused-ring (bicyclic) bond motifs is 1. The molecule has 0 bridgehead atoms. The lowest BCUT2D eigenvalue weighted by molar-refractivity contribution is -0.130. The van der Waals surface area contributed by atoms with Gasteiger partial charge < -0.3 is 15.0 Å². The lowest BCUT2D eigenvalue weighted by atomic mass is 9.99. The number of carbonyl (C=O) groups is 2. The highest BCUT2D eigenvalue weighted by molar-refractivity contribution is 5.97. The predicted molar refractivity (Wildman–Crippen MR) is 83.7 cm³/mol. The Morgan fingerprint density at radius 3 is 2.82 bits per heavy atom. The molecule has 0 saturated carbocycles. The van der Waals surface area contributed by atoms with Crippen molar-refractivity contribution < 1.29 is 14.3 Å². The number of nitrogens with one attached hydrogen (secondary N) is 1. The summed E-state index contributed by atoms with van der Waals surface area (Å²) in [6.07, 6.45) is 3.46. The topological polar surface area (TPSA) is 58.6 Å². The average molecular weight is 302 g/mol. The molecule has 2 amide bonds. The minimum Gasteiger partial charge on any atom is -0.381 e. The largest absolute Gasteiger partial charge is 0.381 e. The van der Waals surface area contributed by atoms with E-state index in [1.807, 2.05) is 18.2 Å². The Kier molecular flexibility index (Phi) is 4.73. The van der Waals surface area contributed by atoms with E-state index in [4.69, 9.17) is 4.74 Å². The standard InChI is InChI=1S/C17H22N2O3/c20-16(12-18-17(21)14-7-10-22-11-8-14)19-9-3-5-13-4-1-2-6-15(13)19/h1-2,4,6,14H,3,5,7-12H2,(H,18,21). The third kappa shape index (κ3) is 3.30. The maximum Gasteiger partial charge on any atom is 0.246 e. The number of benzene rings is 1. The van der Waals surface area contributed by atoms with Gasteiger partial charge in [0.05, 0.1) is 6.54 Å². The quantitative estimate of drug-likeness (QED) is 0.921. The van der Waals surface area contributed by atoms with Crippen LogP contribution >= 0.6 is 0 Å². The van der Waals surface area contributed by atoms with Crippen LogP contribution in [0.4, 0.5) is 5.69 Å². The summed E-state index contributed by atoms with van der Waals surface area (Å²) in [5.41, 5.74) is 2.19. The predicted octanol–water partition coefficient (Wildman–Crippen LogP) is 1.51. The van der Waals surface area contributed by atoms with Gasteiger partial charge in [-0.15, -0.1) is 0 Å². The van der Waals surface area contributed by atoms with Gasteiger partial charge in [-0.05, 0) is 37.3 Å². The molecule has 0 atom stereocenters. The Hall–Kier alpha value is -1.88. The molecule has 0 spiro atoms. The van der Waals surface area contributed by atoms with Crippen LogP contribution < -0.4 is 10.2 Å². The average Bonchev–Trinajstić information content (AvgIpc) is 2.59. The molecule has 1 aromatic carbocycles. The molecule has 2 aliphatic rings. The zero-order chi connectivity index (χ0) is 15.4. The van der Waals surface area contributed by atoms with Gasteiger partial charge in [0.25, 0.3) is 0 Å². The molecule has 118 valence electrons. The van der Waals surface area contributed by atoms with Gasteiger partial charge in [0, 0.05) is 31.4 Å². The number of hydrogen-bond acceptors (Lipinski definition) is 3. The second kappa shape index (κ2) is 6.92. The second-order valence-corrected chi connectivity index (χ2v) is 5.88. The van der Waals surface area contributed by atoms with Crippen molar-refractivity contribution in [3.8, 4) is 0 Å². The van der Waals surface area contributed by atoms with Gasteiger partial charge in [0.15, 0.2) is 0 Å². The summed E-state index contributed by atoms with van der Waals surface area (Å²) >= 11 is 0. The molecule has 1 aromatic rings. The van der Waals surface area contributed by atoms with E-state index in [0.29, 0.717) is 13.2 Å². The van der Waals surface area contributed by atoms with Crippen molar-refractivity contribution in [2.75, 3.05) is 31.2 Å². The van der Waals surface area contributed by atoms with E-state index >= 15 is 0 Å². The number of nitrogens with zero attached hydrogens (tertiary/aromatic N) is 1. The van der Waals surface area contributed by atoms with E-state index < -0.39 is 0 Å². The highest BCUT2D eigenvalue weighted by Crippen LogP contribution is 2.26. The molecular weight excluding hydrogens is 280 g/mol. The van der Waals surface area contributed by atoms with Crippen LogP contribution in [0.25, 0.3) is 0 Å². The van der Waals surface area contributed by atoms with Crippen molar-refractivity contribution in [3.05, 3.63) is 29.8 Å². The smallest absolute Gasteiger partial charge is 0.246 e. The summed E-state index contributed by atoms with van der Waals surface area (Å²) in [4.78, 5) is 26.3. The number of anilines is 1. The van der Waals surface area contributed by atoms with E-state index in [2.05, 4.69) is 11.4 Å². The SMILES string of the molecule is O=C(NCC(=O)N1CCCc2ccccc21)C1CCOCC1. The first-order chi connectivity index (χ1) is 10.8. The molecule has 1 fully saturated rings. The first-order valence-corrected chi connectivity index (χ1v) is 7.99. The van der Waals surface area contributed by atoms with Gasteiger partial charge >= 0.3 is 0 Å². The molecule has 0 unspecified atom stereocenters. The van der Waals surface area contributed by atoms with Crippen LogP contribution in [0.5, 0.6) is 0 Å². The number of amides is 2. The Balaban J connectivity index is 1.57. The van der Waals surface area contributed by atoms with Gasteiger partial charge in [-0.1, -0.05) is 18.2 Å². The maximum absolute atomic E-state index is 12.4. The number of hydrogen-bond donors (Lipinski definition) is 1. The number of ether oxygens (including phenoxy) is 1. The highest BCUT2D eigenvalue weighted by Gasteiger charge is 2.25. The molecule has 22 heavy (non-hydrogen) atoms. The highest BCUT2D eigenvalue weighted by atomic mass is 16.5. The van der Waals surface area contributed by atoms with Gasteiger partial charge in [-0.2, -0.15) is 0 Å². The molecule has 2 heterocycles. The molecule has 0 aromatic heterocycles. The molecule has 1 N–H and O–H groups in total. The van der Waals surface area contributed by atoms with Gasteiger partial charge in [-0.3, -0.25) is 9.59 Å². The van der Waals surface area contributed by atoms with Gasteiger partial charge in [-0.25, -0.2) is 0 Å². The third-order valence-corrected chi connectivity index (χ3v) is 4.42. The maximum atomic E-state index is 12.4. The summed E-state index contributed by atoms with van der Waals surface area (Å²) in [5, 5.41) is 2.79. The molecule has 2 aliphatic heterocycles. The minimum atomic E-state index is -0.0347. The van der Waals surface area contributed by atoms with E-state index in [1.54, 1.807) is 4.90 Å². The van der Waals surface area contributed by atoms with Crippen molar-refractivity contribution in [1.82, 2.24) is 5.32 Å². The Labute approximate surface area is 130 Å². The summed E-state index contributed by atoms with van der Waals surface area (Å²) in [6.45, 7) is 2.06. The second-order valence-electron chi connectivity index (χ2n) is 5.88. The Bertz CT molecular complexity index is 553. The Morgan fingerprint density at radius 2 is 2.00 bits per heavy atom. The van der Waals surface area contributed by atoms with E-state index in [0.717, 1.165) is 37.9 Å². The molecule has 5 nitrogen and oxygen atoms in total. The third-order valence-electron chi connectivity index (χ3n) is 4.42. The summed E-state index contributed by atoms with van der Waals surface area (Å²) < 4.78 is 5.25. The van der Waals surface area contributed by atoms with E-state index in [1.165, 1.54) is 5.56 Å². The summed E-state index contributed by atoms with van der Waals surface area (Å²) in [5.74, 6) is -0.0790. The number of carbonyl (C=O) groups excluding carboxylic acids is 2. The lowest BCUT2D eigenvalue weighted by Gasteiger charge is -2.30. The van der Waals surface area contributed by atoms with Crippen LogP contribution in [-0.2, 0) is 20.7 Å². The number of rotatable bonds is 3. The van der Waals surface area contributed by atoms with Crippen LogP contribution in [0.15, 0.2) is 24.3 Å². The van der Waals surface area contributed by atoms with Crippen LogP contribution in [0, 0.1) is 5.92 Å². The van der Waals surface area contributed by atoms with Crippen LogP contribution in [0.3, 0.4) is 0 Å². The monoisotopic (exact) mass is 302 g/mol. The van der Waals surface area contributed by atoms with Crippen molar-refractivity contribution in [1.29, 1.82) is 0 Å². The molecule has 0 aliphatic carbocycles. The fourth-order valence-electron chi connectivity index (χ4n) is 3.15. The van der Waals surface area contributed by atoms with E-state index in [9.17, 15) is 9.59 Å². The molecule has 1 saturated heterocycles. The number of para-hydroxylation sites is 1. The van der Waals surface area contributed by atoms with Gasteiger partial charge in [0.2, 0.25) is 11.8 Å². The van der Waals surface area contributed by atoms with Gasteiger partial charge in [0.1, 0.15) is 0 Å². The minimum absolute atomic E-state index is 0.0183. The first-order valence-electron chi connectivity index (χ1n) is 7.99.